The van der Waals surface area contributed by atoms with Crippen LogP contribution in [0.5, 0.6) is 0 Å². The van der Waals surface area contributed by atoms with Gasteiger partial charge in [0.05, 0.1) is 22.0 Å². The summed E-state index contributed by atoms with van der Waals surface area (Å²) in [6, 6.07) is 7.97. The number of halogens is 1. The van der Waals surface area contributed by atoms with Gasteiger partial charge in [-0.15, -0.1) is 0 Å². The molecule has 0 saturated heterocycles. The van der Waals surface area contributed by atoms with E-state index in [9.17, 15) is 9.59 Å². The monoisotopic (exact) mass is 373 g/mol. The summed E-state index contributed by atoms with van der Waals surface area (Å²) in [5.41, 5.74) is 3.60. The lowest BCUT2D eigenvalue weighted by Gasteiger charge is -2.23. The second-order valence-corrected chi connectivity index (χ2v) is 7.11. The lowest BCUT2D eigenvalue weighted by molar-refractivity contribution is -0.118. The predicted molar refractivity (Wildman–Crippen MR) is 105 cm³/mol. The number of hydrogen-bond acceptors (Lipinski definition) is 3. The number of aryl methyl sites for hydroxylation is 3. The number of aromatic nitrogens is 1. The van der Waals surface area contributed by atoms with Crippen molar-refractivity contribution in [3.05, 3.63) is 57.9 Å². The average Bonchev–Trinajstić information content (AvgIpc) is 2.55. The van der Waals surface area contributed by atoms with Gasteiger partial charge in [-0.25, -0.2) is 0 Å². The highest BCUT2D eigenvalue weighted by atomic mass is 35.5. The quantitative estimate of drug-likeness (QED) is 0.830. The lowest BCUT2D eigenvalue weighted by atomic mass is 10.0. The molecule has 0 saturated carbocycles. The average molecular weight is 374 g/mol. The first kappa shape index (κ1) is 19.9. The molecule has 0 spiro atoms. The Morgan fingerprint density at radius 3 is 2.35 bits per heavy atom. The van der Waals surface area contributed by atoms with Crippen LogP contribution in [0.2, 0.25) is 5.02 Å². The van der Waals surface area contributed by atoms with Crippen molar-refractivity contribution in [3.8, 4) is 0 Å². The van der Waals surface area contributed by atoms with Crippen LogP contribution >= 0.6 is 11.6 Å². The summed E-state index contributed by atoms with van der Waals surface area (Å²) in [5, 5.41) is 6.05. The molecular weight excluding hydrogens is 350 g/mol. The van der Waals surface area contributed by atoms with Gasteiger partial charge in [0.2, 0.25) is 5.91 Å². The predicted octanol–water partition coefficient (Wildman–Crippen LogP) is 4.05. The molecule has 0 aliphatic rings. The van der Waals surface area contributed by atoms with E-state index in [0.717, 1.165) is 17.0 Å². The number of rotatable bonds is 5. The number of hydrogen-bond donors (Lipinski definition) is 2. The fraction of sp³-hybridized carbons (Fsp3) is 0.350. The van der Waals surface area contributed by atoms with E-state index < -0.39 is 6.04 Å². The van der Waals surface area contributed by atoms with E-state index in [1.165, 1.54) is 0 Å². The SMILES string of the molecule is Cc1cc(C)c(NC(=O)C(NC(=O)c2ccccc2Cl)C(C)C)c(C)n1. The van der Waals surface area contributed by atoms with Gasteiger partial charge >= 0.3 is 0 Å². The van der Waals surface area contributed by atoms with Gasteiger partial charge in [-0.05, 0) is 50.5 Å². The molecule has 0 aliphatic heterocycles. The Kier molecular flexibility index (Phi) is 6.37. The number of anilines is 1. The van der Waals surface area contributed by atoms with Gasteiger partial charge in [0, 0.05) is 5.69 Å². The van der Waals surface area contributed by atoms with E-state index in [1.807, 2.05) is 40.7 Å². The third kappa shape index (κ3) is 4.61. The molecule has 2 N–H and O–H groups in total. The van der Waals surface area contributed by atoms with Gasteiger partial charge in [-0.2, -0.15) is 0 Å². The Bertz CT molecular complexity index is 811. The van der Waals surface area contributed by atoms with Crippen molar-refractivity contribution in [3.63, 3.8) is 0 Å². The highest BCUT2D eigenvalue weighted by molar-refractivity contribution is 6.33. The Morgan fingerprint density at radius 1 is 1.12 bits per heavy atom. The minimum Gasteiger partial charge on any atom is -0.340 e. The van der Waals surface area contributed by atoms with Crippen molar-refractivity contribution < 1.29 is 9.59 Å². The van der Waals surface area contributed by atoms with Crippen molar-refractivity contribution in [2.75, 3.05) is 5.32 Å². The number of nitrogens with zero attached hydrogens (tertiary/aromatic N) is 1. The maximum absolute atomic E-state index is 12.8. The second-order valence-electron chi connectivity index (χ2n) is 6.71. The molecule has 0 bridgehead atoms. The third-order valence-electron chi connectivity index (χ3n) is 4.13. The Balaban J connectivity index is 2.21. The molecule has 2 amide bonds. The summed E-state index contributed by atoms with van der Waals surface area (Å²) in [5.74, 6) is -0.752. The molecule has 26 heavy (non-hydrogen) atoms. The van der Waals surface area contributed by atoms with E-state index in [4.69, 9.17) is 11.6 Å². The minimum absolute atomic E-state index is 0.0968. The van der Waals surface area contributed by atoms with Gasteiger partial charge in [0.25, 0.3) is 5.91 Å². The van der Waals surface area contributed by atoms with Crippen LogP contribution in [-0.2, 0) is 4.79 Å². The Morgan fingerprint density at radius 2 is 1.77 bits per heavy atom. The molecule has 2 aromatic rings. The molecule has 1 heterocycles. The number of amides is 2. The largest absolute Gasteiger partial charge is 0.340 e. The maximum atomic E-state index is 12.8. The van der Waals surface area contributed by atoms with E-state index >= 15 is 0 Å². The summed E-state index contributed by atoms with van der Waals surface area (Å²) in [7, 11) is 0. The molecule has 2 rings (SSSR count). The summed E-state index contributed by atoms with van der Waals surface area (Å²) in [6.45, 7) is 9.44. The van der Waals surface area contributed by atoms with Crippen molar-refractivity contribution in [2.45, 2.75) is 40.7 Å². The number of carbonyl (C=O) groups is 2. The van der Waals surface area contributed by atoms with Gasteiger partial charge in [0.15, 0.2) is 0 Å². The number of pyridine rings is 1. The normalized spacial score (nSPS) is 12.0. The van der Waals surface area contributed by atoms with Crippen LogP contribution in [0.1, 0.15) is 41.2 Å². The first-order valence-electron chi connectivity index (χ1n) is 8.51. The summed E-state index contributed by atoms with van der Waals surface area (Å²) >= 11 is 6.08. The first-order valence-corrected chi connectivity index (χ1v) is 8.89. The van der Waals surface area contributed by atoms with Gasteiger partial charge in [-0.3, -0.25) is 14.6 Å². The molecule has 1 atom stereocenters. The molecule has 6 heteroatoms. The summed E-state index contributed by atoms with van der Waals surface area (Å²) < 4.78 is 0. The zero-order chi connectivity index (χ0) is 19.4. The van der Waals surface area contributed by atoms with E-state index in [-0.39, 0.29) is 17.7 Å². The fourth-order valence-electron chi connectivity index (χ4n) is 2.81. The minimum atomic E-state index is -0.695. The Labute approximate surface area is 159 Å². The van der Waals surface area contributed by atoms with Gasteiger partial charge in [-0.1, -0.05) is 37.6 Å². The standard InChI is InChI=1S/C20H24ClN3O2/c1-11(2)17(23-19(25)15-8-6-7-9-16(15)21)20(26)24-18-12(3)10-13(4)22-14(18)5/h6-11,17H,1-5H3,(H,23,25)(H,24,26). The highest BCUT2D eigenvalue weighted by Gasteiger charge is 2.26. The lowest BCUT2D eigenvalue weighted by Crippen LogP contribution is -2.47. The summed E-state index contributed by atoms with van der Waals surface area (Å²) in [6.07, 6.45) is 0. The van der Waals surface area contributed by atoms with Gasteiger partial charge in [0.1, 0.15) is 6.04 Å². The molecule has 0 fully saturated rings. The smallest absolute Gasteiger partial charge is 0.253 e. The van der Waals surface area contributed by atoms with E-state index in [1.54, 1.807) is 24.3 Å². The topological polar surface area (TPSA) is 71.1 Å². The van der Waals surface area contributed by atoms with Crippen molar-refractivity contribution in [2.24, 2.45) is 5.92 Å². The summed E-state index contributed by atoms with van der Waals surface area (Å²) in [4.78, 5) is 29.7. The molecule has 1 unspecified atom stereocenters. The number of benzene rings is 1. The van der Waals surface area contributed by atoms with Crippen LogP contribution < -0.4 is 10.6 Å². The third-order valence-corrected chi connectivity index (χ3v) is 4.46. The van der Waals surface area contributed by atoms with Crippen LogP contribution in [-0.4, -0.2) is 22.8 Å². The molecule has 138 valence electrons. The fourth-order valence-corrected chi connectivity index (χ4v) is 3.03. The zero-order valence-corrected chi connectivity index (χ0v) is 16.4. The molecule has 1 aromatic heterocycles. The van der Waals surface area contributed by atoms with Crippen LogP contribution in [0.3, 0.4) is 0 Å². The van der Waals surface area contributed by atoms with Crippen LogP contribution in [0, 0.1) is 26.7 Å². The van der Waals surface area contributed by atoms with E-state index in [2.05, 4.69) is 15.6 Å². The Hall–Kier alpha value is -2.40. The van der Waals surface area contributed by atoms with E-state index in [0.29, 0.717) is 16.3 Å². The van der Waals surface area contributed by atoms with Crippen LogP contribution in [0.4, 0.5) is 5.69 Å². The molecule has 0 radical (unpaired) electrons. The number of carbonyl (C=O) groups excluding carboxylic acids is 2. The van der Waals surface area contributed by atoms with Crippen molar-refractivity contribution >= 4 is 29.1 Å². The zero-order valence-electron chi connectivity index (χ0n) is 15.7. The molecule has 0 aliphatic carbocycles. The van der Waals surface area contributed by atoms with Gasteiger partial charge < -0.3 is 10.6 Å². The first-order chi connectivity index (χ1) is 12.2. The van der Waals surface area contributed by atoms with Crippen molar-refractivity contribution in [1.82, 2.24) is 10.3 Å². The van der Waals surface area contributed by atoms with Crippen molar-refractivity contribution in [1.29, 1.82) is 0 Å². The second kappa shape index (κ2) is 8.32. The molecular formula is C20H24ClN3O2. The maximum Gasteiger partial charge on any atom is 0.253 e. The molecule has 1 aromatic carbocycles. The number of nitrogens with one attached hydrogen (secondary N) is 2. The van der Waals surface area contributed by atoms with Crippen LogP contribution in [0.25, 0.3) is 0 Å². The van der Waals surface area contributed by atoms with Crippen LogP contribution in [0.15, 0.2) is 30.3 Å². The molecule has 5 nitrogen and oxygen atoms in total. The highest BCUT2D eigenvalue weighted by Crippen LogP contribution is 2.21.